The van der Waals surface area contributed by atoms with Gasteiger partial charge in [-0.15, -0.1) is 0 Å². The average Bonchev–Trinajstić information content (AvgIpc) is 2.50. The first-order valence-corrected chi connectivity index (χ1v) is 7.28. The lowest BCUT2D eigenvalue weighted by molar-refractivity contribution is -0.156. The van der Waals surface area contributed by atoms with Crippen LogP contribution in [0.2, 0.25) is 0 Å². The standard InChI is InChI=1S/C16H22O5/c1-3-8-19-13-6-4-5-7-14(13)21-15-11-12(17)16(15)20-10-9-18-2/h4-7,15-16H,3,8-11H2,1-2H3. The van der Waals surface area contributed by atoms with E-state index in [4.69, 9.17) is 18.9 Å². The Kier molecular flexibility index (Phi) is 6.02. The second-order valence-electron chi connectivity index (χ2n) is 4.91. The molecule has 2 atom stereocenters. The van der Waals surface area contributed by atoms with Crippen LogP contribution in [0, 0.1) is 0 Å². The minimum atomic E-state index is -0.501. The Hall–Kier alpha value is -1.59. The number of para-hydroxylation sites is 2. The monoisotopic (exact) mass is 294 g/mol. The first-order chi connectivity index (χ1) is 10.3. The van der Waals surface area contributed by atoms with Crippen molar-refractivity contribution < 1.29 is 23.7 Å². The highest BCUT2D eigenvalue weighted by molar-refractivity contribution is 5.90. The van der Waals surface area contributed by atoms with Crippen LogP contribution >= 0.6 is 0 Å². The molecule has 0 amide bonds. The highest BCUT2D eigenvalue weighted by Gasteiger charge is 2.43. The summed E-state index contributed by atoms with van der Waals surface area (Å²) in [5.41, 5.74) is 0. The molecule has 5 heteroatoms. The SMILES string of the molecule is CCCOc1ccccc1OC1CC(=O)C1OCCOC. The smallest absolute Gasteiger partial charge is 0.169 e. The third-order valence-corrected chi connectivity index (χ3v) is 3.23. The molecule has 1 saturated carbocycles. The summed E-state index contributed by atoms with van der Waals surface area (Å²) in [4.78, 5) is 11.6. The largest absolute Gasteiger partial charge is 0.490 e. The Morgan fingerprint density at radius 1 is 1.14 bits per heavy atom. The van der Waals surface area contributed by atoms with Crippen LogP contribution in [0.1, 0.15) is 19.8 Å². The zero-order valence-corrected chi connectivity index (χ0v) is 12.5. The van der Waals surface area contributed by atoms with Gasteiger partial charge in [-0.3, -0.25) is 4.79 Å². The van der Waals surface area contributed by atoms with Crippen molar-refractivity contribution in [3.05, 3.63) is 24.3 Å². The number of methoxy groups -OCH3 is 1. The fourth-order valence-corrected chi connectivity index (χ4v) is 2.07. The van der Waals surface area contributed by atoms with E-state index in [9.17, 15) is 4.79 Å². The van der Waals surface area contributed by atoms with E-state index >= 15 is 0 Å². The van der Waals surface area contributed by atoms with E-state index in [1.807, 2.05) is 31.2 Å². The number of benzene rings is 1. The van der Waals surface area contributed by atoms with Gasteiger partial charge in [0.05, 0.1) is 19.8 Å². The Balaban J connectivity index is 1.93. The van der Waals surface area contributed by atoms with E-state index in [1.165, 1.54) is 0 Å². The van der Waals surface area contributed by atoms with Crippen molar-refractivity contribution in [2.24, 2.45) is 0 Å². The molecule has 0 aromatic heterocycles. The molecule has 0 N–H and O–H groups in total. The summed E-state index contributed by atoms with van der Waals surface area (Å²) in [6, 6.07) is 7.50. The van der Waals surface area contributed by atoms with Crippen molar-refractivity contribution in [1.29, 1.82) is 0 Å². The first-order valence-electron chi connectivity index (χ1n) is 7.28. The number of hydrogen-bond acceptors (Lipinski definition) is 5. The minimum Gasteiger partial charge on any atom is -0.490 e. The lowest BCUT2D eigenvalue weighted by atomic mass is 9.90. The molecule has 1 aromatic carbocycles. The Morgan fingerprint density at radius 3 is 2.57 bits per heavy atom. The normalized spacial score (nSPS) is 21.0. The van der Waals surface area contributed by atoms with Crippen molar-refractivity contribution in [2.45, 2.75) is 32.0 Å². The number of carbonyl (C=O) groups is 1. The molecule has 1 aromatic rings. The summed E-state index contributed by atoms with van der Waals surface area (Å²) in [6.45, 7) is 3.54. The topological polar surface area (TPSA) is 54.0 Å². The van der Waals surface area contributed by atoms with Gasteiger partial charge in [0.2, 0.25) is 0 Å². The van der Waals surface area contributed by atoms with Crippen molar-refractivity contribution in [3.63, 3.8) is 0 Å². The van der Waals surface area contributed by atoms with Gasteiger partial charge in [0, 0.05) is 13.5 Å². The lowest BCUT2D eigenvalue weighted by Crippen LogP contribution is -2.52. The van der Waals surface area contributed by atoms with E-state index in [-0.39, 0.29) is 11.9 Å². The van der Waals surface area contributed by atoms with Crippen molar-refractivity contribution in [3.8, 4) is 11.5 Å². The van der Waals surface area contributed by atoms with Crippen LogP contribution < -0.4 is 9.47 Å². The van der Waals surface area contributed by atoms with E-state index < -0.39 is 6.10 Å². The number of ether oxygens (including phenoxy) is 4. The Labute approximate surface area is 125 Å². The van der Waals surface area contributed by atoms with Crippen molar-refractivity contribution >= 4 is 5.78 Å². The molecule has 1 aliphatic carbocycles. The van der Waals surface area contributed by atoms with Gasteiger partial charge in [0.1, 0.15) is 6.10 Å². The Bertz CT molecular complexity index is 460. The van der Waals surface area contributed by atoms with Crippen LogP contribution in [-0.4, -0.2) is 44.9 Å². The minimum absolute atomic E-state index is 0.0723. The molecule has 5 nitrogen and oxygen atoms in total. The highest BCUT2D eigenvalue weighted by atomic mass is 16.6. The van der Waals surface area contributed by atoms with E-state index in [2.05, 4.69) is 0 Å². The predicted octanol–water partition coefficient (Wildman–Crippen LogP) is 2.23. The fraction of sp³-hybridized carbons (Fsp3) is 0.562. The predicted molar refractivity (Wildman–Crippen MR) is 77.9 cm³/mol. The second kappa shape index (κ2) is 8.00. The molecule has 0 spiro atoms. The van der Waals surface area contributed by atoms with Crippen LogP contribution in [0.5, 0.6) is 11.5 Å². The van der Waals surface area contributed by atoms with Gasteiger partial charge >= 0.3 is 0 Å². The maximum Gasteiger partial charge on any atom is 0.169 e. The van der Waals surface area contributed by atoms with Gasteiger partial charge in [-0.25, -0.2) is 0 Å². The molecule has 1 aliphatic rings. The maximum absolute atomic E-state index is 11.6. The van der Waals surface area contributed by atoms with E-state index in [1.54, 1.807) is 7.11 Å². The summed E-state index contributed by atoms with van der Waals surface area (Å²) < 4.78 is 21.9. The van der Waals surface area contributed by atoms with E-state index in [0.29, 0.717) is 37.7 Å². The molecule has 0 saturated heterocycles. The molecular weight excluding hydrogens is 272 g/mol. The molecule has 21 heavy (non-hydrogen) atoms. The summed E-state index contributed by atoms with van der Waals surface area (Å²) in [7, 11) is 1.60. The van der Waals surface area contributed by atoms with Crippen molar-refractivity contribution in [2.75, 3.05) is 26.9 Å². The van der Waals surface area contributed by atoms with Crippen LogP contribution in [0.4, 0.5) is 0 Å². The van der Waals surface area contributed by atoms with Crippen LogP contribution in [-0.2, 0) is 14.3 Å². The maximum atomic E-state index is 11.6. The molecular formula is C16H22O5. The zero-order valence-electron chi connectivity index (χ0n) is 12.5. The van der Waals surface area contributed by atoms with Gasteiger partial charge in [0.25, 0.3) is 0 Å². The fourth-order valence-electron chi connectivity index (χ4n) is 2.07. The van der Waals surface area contributed by atoms with Crippen LogP contribution in [0.25, 0.3) is 0 Å². The number of ketones is 1. The van der Waals surface area contributed by atoms with E-state index in [0.717, 1.165) is 6.42 Å². The molecule has 2 rings (SSSR count). The quantitative estimate of drug-likeness (QED) is 0.654. The summed E-state index contributed by atoms with van der Waals surface area (Å²) >= 11 is 0. The van der Waals surface area contributed by atoms with Crippen molar-refractivity contribution in [1.82, 2.24) is 0 Å². The third-order valence-electron chi connectivity index (χ3n) is 3.23. The number of carbonyl (C=O) groups excluding carboxylic acids is 1. The molecule has 0 bridgehead atoms. The Morgan fingerprint density at radius 2 is 1.90 bits per heavy atom. The zero-order chi connectivity index (χ0) is 15.1. The summed E-state index contributed by atoms with van der Waals surface area (Å²) in [6.07, 6.45) is 0.554. The number of Topliss-reactive ketones (excluding diaryl/α,β-unsaturated/α-hetero) is 1. The molecule has 1 fully saturated rings. The van der Waals surface area contributed by atoms with Crippen LogP contribution in [0.15, 0.2) is 24.3 Å². The molecule has 116 valence electrons. The van der Waals surface area contributed by atoms with Gasteiger partial charge in [-0.05, 0) is 18.6 Å². The summed E-state index contributed by atoms with van der Waals surface area (Å²) in [5.74, 6) is 1.43. The van der Waals surface area contributed by atoms with Gasteiger partial charge in [-0.2, -0.15) is 0 Å². The molecule has 0 radical (unpaired) electrons. The molecule has 0 aliphatic heterocycles. The first kappa shape index (κ1) is 15.8. The number of rotatable bonds is 9. The average molecular weight is 294 g/mol. The molecule has 0 heterocycles. The second-order valence-corrected chi connectivity index (χ2v) is 4.91. The van der Waals surface area contributed by atoms with Gasteiger partial charge in [-0.1, -0.05) is 19.1 Å². The van der Waals surface area contributed by atoms with Gasteiger partial charge < -0.3 is 18.9 Å². The number of hydrogen-bond donors (Lipinski definition) is 0. The third kappa shape index (κ3) is 4.19. The lowest BCUT2D eigenvalue weighted by Gasteiger charge is -2.34. The van der Waals surface area contributed by atoms with Gasteiger partial charge in [0.15, 0.2) is 23.4 Å². The summed E-state index contributed by atoms with van der Waals surface area (Å²) in [5, 5.41) is 0. The molecule has 2 unspecified atom stereocenters. The highest BCUT2D eigenvalue weighted by Crippen LogP contribution is 2.32. The van der Waals surface area contributed by atoms with Crippen LogP contribution in [0.3, 0.4) is 0 Å².